The van der Waals surface area contributed by atoms with Crippen molar-refractivity contribution < 1.29 is 0 Å². The van der Waals surface area contributed by atoms with Gasteiger partial charge in [-0.15, -0.1) is 0 Å². The van der Waals surface area contributed by atoms with Gasteiger partial charge in [0.2, 0.25) is 0 Å². The minimum Gasteiger partial charge on any atom is -0.309 e. The molecule has 8 rings (SSSR count). The molecular weight excluding hydrogens is 625 g/mol. The van der Waals surface area contributed by atoms with E-state index in [1.54, 1.807) is 0 Å². The Kier molecular flexibility index (Phi) is 7.63. The molecule has 8 aromatic rings. The Morgan fingerprint density at radius 1 is 0.400 bits per heavy atom. The van der Waals surface area contributed by atoms with Crippen molar-refractivity contribution in [1.29, 1.82) is 15.8 Å². The Bertz CT molecular complexity index is 2560. The summed E-state index contributed by atoms with van der Waals surface area (Å²) in [6.07, 6.45) is 0. The molecular formula is C45H28N4Si. The van der Waals surface area contributed by atoms with Gasteiger partial charge in [0.15, 0.2) is 8.07 Å². The molecule has 0 amide bonds. The molecule has 1 aromatic heterocycles. The van der Waals surface area contributed by atoms with Crippen molar-refractivity contribution in [2.45, 2.75) is 0 Å². The molecule has 0 fully saturated rings. The van der Waals surface area contributed by atoms with Crippen molar-refractivity contribution in [2.75, 3.05) is 0 Å². The highest BCUT2D eigenvalue weighted by molar-refractivity contribution is 7.19. The maximum atomic E-state index is 9.93. The first-order valence-corrected chi connectivity index (χ1v) is 18.4. The number of fused-ring (bicyclic) bond motifs is 3. The predicted molar refractivity (Wildman–Crippen MR) is 204 cm³/mol. The van der Waals surface area contributed by atoms with Gasteiger partial charge in [-0.1, -0.05) is 115 Å². The molecule has 5 heteroatoms. The quantitative estimate of drug-likeness (QED) is 0.138. The number of nitriles is 3. The monoisotopic (exact) mass is 652 g/mol. The van der Waals surface area contributed by atoms with Crippen molar-refractivity contribution in [3.05, 3.63) is 187 Å². The molecule has 0 aliphatic heterocycles. The molecule has 0 atom stereocenters. The Morgan fingerprint density at radius 2 is 0.880 bits per heavy atom. The Balaban J connectivity index is 1.35. The molecule has 0 aliphatic rings. The third-order valence-electron chi connectivity index (χ3n) is 9.64. The number of hydrogen-bond donors (Lipinski definition) is 0. The topological polar surface area (TPSA) is 76.3 Å². The highest BCUT2D eigenvalue weighted by Crippen LogP contribution is 2.37. The number of rotatable bonds is 6. The second-order valence-corrected chi connectivity index (χ2v) is 16.1. The second-order valence-electron chi connectivity index (χ2n) is 12.3. The third kappa shape index (κ3) is 4.88. The van der Waals surface area contributed by atoms with E-state index in [2.05, 4.69) is 138 Å². The molecule has 0 saturated carbocycles. The summed E-state index contributed by atoms with van der Waals surface area (Å²) in [5.74, 6) is 0. The summed E-state index contributed by atoms with van der Waals surface area (Å²) in [7, 11) is -2.84. The van der Waals surface area contributed by atoms with Gasteiger partial charge < -0.3 is 4.57 Å². The van der Waals surface area contributed by atoms with Crippen molar-refractivity contribution >= 4 is 50.6 Å². The molecule has 0 unspecified atom stereocenters. The predicted octanol–water partition coefficient (Wildman–Crippen LogP) is 7.44. The zero-order valence-corrected chi connectivity index (χ0v) is 28.0. The smallest absolute Gasteiger partial charge is 0.179 e. The second kappa shape index (κ2) is 12.6. The van der Waals surface area contributed by atoms with Gasteiger partial charge >= 0.3 is 0 Å². The lowest BCUT2D eigenvalue weighted by atomic mass is 10.0. The van der Waals surface area contributed by atoms with Crippen LogP contribution in [0.25, 0.3) is 38.6 Å². The molecule has 0 bridgehead atoms. The van der Waals surface area contributed by atoms with Gasteiger partial charge in [0, 0.05) is 16.3 Å². The zero-order chi connectivity index (χ0) is 34.1. The summed E-state index contributed by atoms with van der Waals surface area (Å²) >= 11 is 0. The van der Waals surface area contributed by atoms with E-state index in [0.717, 1.165) is 43.8 Å². The molecule has 50 heavy (non-hydrogen) atoms. The van der Waals surface area contributed by atoms with E-state index in [9.17, 15) is 15.8 Å². The van der Waals surface area contributed by atoms with Crippen LogP contribution in [-0.2, 0) is 0 Å². The lowest BCUT2D eigenvalue weighted by Crippen LogP contribution is -2.74. The van der Waals surface area contributed by atoms with Gasteiger partial charge in [0.25, 0.3) is 0 Å². The summed E-state index contributed by atoms with van der Waals surface area (Å²) in [6, 6.07) is 65.2. The average molecular weight is 653 g/mol. The molecule has 4 nitrogen and oxygen atoms in total. The summed E-state index contributed by atoms with van der Waals surface area (Å²) in [6.45, 7) is 0. The Morgan fingerprint density at radius 3 is 1.44 bits per heavy atom. The van der Waals surface area contributed by atoms with Crippen LogP contribution >= 0.6 is 0 Å². The van der Waals surface area contributed by atoms with Crippen LogP contribution in [0.4, 0.5) is 0 Å². The van der Waals surface area contributed by atoms with Crippen LogP contribution in [0.5, 0.6) is 0 Å². The van der Waals surface area contributed by atoms with Gasteiger partial charge in [-0.2, -0.15) is 15.8 Å². The van der Waals surface area contributed by atoms with E-state index in [4.69, 9.17) is 0 Å². The molecule has 0 aliphatic carbocycles. The minimum absolute atomic E-state index is 0.576. The van der Waals surface area contributed by atoms with E-state index in [-0.39, 0.29) is 0 Å². The van der Waals surface area contributed by atoms with E-state index in [1.807, 2.05) is 54.6 Å². The lowest BCUT2D eigenvalue weighted by Gasteiger charge is -2.34. The maximum absolute atomic E-state index is 9.93. The summed E-state index contributed by atoms with van der Waals surface area (Å²) in [4.78, 5) is 0. The van der Waals surface area contributed by atoms with Crippen molar-refractivity contribution in [3.8, 4) is 35.0 Å². The number of nitrogens with zero attached hydrogens (tertiary/aromatic N) is 4. The van der Waals surface area contributed by atoms with Gasteiger partial charge in [0.05, 0.1) is 51.6 Å². The highest BCUT2D eigenvalue weighted by Gasteiger charge is 2.41. The van der Waals surface area contributed by atoms with E-state index < -0.39 is 8.07 Å². The molecule has 0 saturated heterocycles. The van der Waals surface area contributed by atoms with E-state index in [1.165, 1.54) is 15.6 Å². The SMILES string of the molecule is N#Cc1cccc([Si](c2ccccc2)(c2ccccc2)c2ccc(-c3ccccc3-n3c4ccc(C#N)cc4c4cc(C#N)ccc43)cc2)c1. The largest absolute Gasteiger partial charge is 0.309 e. The molecule has 0 radical (unpaired) electrons. The van der Waals surface area contributed by atoms with E-state index >= 15 is 0 Å². The number of para-hydroxylation sites is 1. The number of aromatic nitrogens is 1. The molecule has 7 aromatic carbocycles. The molecule has 0 N–H and O–H groups in total. The lowest BCUT2D eigenvalue weighted by molar-refractivity contribution is 1.18. The van der Waals surface area contributed by atoms with Crippen LogP contribution in [0.15, 0.2) is 170 Å². The summed E-state index contributed by atoms with van der Waals surface area (Å²) < 4.78 is 2.23. The van der Waals surface area contributed by atoms with Crippen LogP contribution in [0.1, 0.15) is 16.7 Å². The maximum Gasteiger partial charge on any atom is 0.179 e. The fourth-order valence-electron chi connectivity index (χ4n) is 7.43. The van der Waals surface area contributed by atoms with E-state index in [0.29, 0.717) is 16.7 Å². The van der Waals surface area contributed by atoms with Gasteiger partial charge in [-0.25, -0.2) is 0 Å². The van der Waals surface area contributed by atoms with Gasteiger partial charge in [0.1, 0.15) is 0 Å². The van der Waals surface area contributed by atoms with Gasteiger partial charge in [-0.3, -0.25) is 0 Å². The first kappa shape index (κ1) is 30.4. The standard InChI is InChI=1S/C45H28N4Si/c46-29-32-10-9-15-39(26-32)50(36-11-3-1-4-12-36,37-13-5-2-6-14-37)38-22-20-35(21-23-38)40-16-7-8-17-43(40)49-44-24-18-33(30-47)27-41(44)42-28-34(31-48)19-25-45(42)49/h1-28H. The molecule has 232 valence electrons. The fourth-order valence-corrected chi connectivity index (χ4v) is 12.2. The Labute approximate surface area is 291 Å². The number of hydrogen-bond acceptors (Lipinski definition) is 3. The van der Waals surface area contributed by atoms with Crippen LogP contribution in [-0.4, -0.2) is 12.6 Å². The highest BCUT2D eigenvalue weighted by atomic mass is 28.3. The van der Waals surface area contributed by atoms with Crippen LogP contribution in [0.2, 0.25) is 0 Å². The summed E-state index contributed by atoms with van der Waals surface area (Å²) in [5, 5.41) is 36.0. The average Bonchev–Trinajstić information content (AvgIpc) is 3.52. The van der Waals surface area contributed by atoms with Crippen molar-refractivity contribution in [3.63, 3.8) is 0 Å². The summed E-state index contributed by atoms with van der Waals surface area (Å²) in [5.41, 5.74) is 6.87. The first-order valence-electron chi connectivity index (χ1n) is 16.4. The Hall–Kier alpha value is -6.97. The normalized spacial score (nSPS) is 11.1. The minimum atomic E-state index is -2.84. The van der Waals surface area contributed by atoms with Gasteiger partial charge in [-0.05, 0) is 80.9 Å². The van der Waals surface area contributed by atoms with Crippen molar-refractivity contribution in [2.24, 2.45) is 0 Å². The van der Waals surface area contributed by atoms with Crippen LogP contribution < -0.4 is 20.7 Å². The van der Waals surface area contributed by atoms with Crippen LogP contribution in [0.3, 0.4) is 0 Å². The third-order valence-corrected chi connectivity index (χ3v) is 14.4. The first-order chi connectivity index (χ1) is 24.6. The fraction of sp³-hybridized carbons (Fsp3) is 0. The van der Waals surface area contributed by atoms with Crippen LogP contribution in [0, 0.1) is 34.0 Å². The number of benzene rings is 7. The zero-order valence-electron chi connectivity index (χ0n) is 27.0. The molecule has 1 heterocycles. The van der Waals surface area contributed by atoms with Crippen molar-refractivity contribution in [1.82, 2.24) is 4.57 Å². The molecule has 0 spiro atoms.